The summed E-state index contributed by atoms with van der Waals surface area (Å²) in [4.78, 5) is 0. The molecule has 0 unspecified atom stereocenters. The molecule has 1 aliphatic rings. The predicted molar refractivity (Wildman–Crippen MR) is 225 cm³/mol. The molecule has 1 aliphatic heterocycles. The summed E-state index contributed by atoms with van der Waals surface area (Å²) in [5.74, 6) is 0. The van der Waals surface area contributed by atoms with Crippen molar-refractivity contribution in [2.75, 3.05) is 0 Å². The summed E-state index contributed by atoms with van der Waals surface area (Å²) in [6.07, 6.45) is 0. The van der Waals surface area contributed by atoms with Gasteiger partial charge in [0.15, 0.2) is 0 Å². The van der Waals surface area contributed by atoms with E-state index in [1.54, 1.807) is 23.2 Å². The van der Waals surface area contributed by atoms with Crippen molar-refractivity contribution in [1.82, 2.24) is 0 Å². The average molecular weight is 887 g/mol. The van der Waals surface area contributed by atoms with Crippen LogP contribution in [-0.2, 0) is 0 Å². The summed E-state index contributed by atoms with van der Waals surface area (Å²) in [7, 11) is -4.73. The second-order valence-corrected chi connectivity index (χ2v) is 71.6. The minimum atomic E-state index is -3.27. The first-order chi connectivity index (χ1) is 22.2. The molecule has 4 heteroatoms. The Kier molecular flexibility index (Phi) is 10.7. The van der Waals surface area contributed by atoms with Crippen LogP contribution in [0.15, 0.2) is 121 Å². The standard InChI is InChI=1S/C27H26Si2.4C4H9.CH2.2Sn/c1-28(24-15-7-3-8-16-24,25-17-9-4-10-18-25)23-29(2,26-19-11-5-12-20-26)27-21-13-6-14-22-27;4*1-4(2)3;;;/h3-22H,1-2,23H2;4*1-3H3;1H2;;. The molecule has 0 nitrogen and oxygen atoms in total. The molecule has 48 heavy (non-hydrogen) atoms. The third-order valence-corrected chi connectivity index (χ3v) is 106. The second-order valence-electron chi connectivity index (χ2n) is 19.5. The quantitative estimate of drug-likeness (QED) is 0.179. The minimum absolute atomic E-state index is 0.342. The molecular weight excluding hydrogens is 822 g/mol. The van der Waals surface area contributed by atoms with Crippen LogP contribution in [0.25, 0.3) is 0 Å². The van der Waals surface area contributed by atoms with Crippen LogP contribution in [0.2, 0.25) is 30.0 Å². The van der Waals surface area contributed by atoms with Crippen molar-refractivity contribution < 1.29 is 0 Å². The van der Waals surface area contributed by atoms with Crippen LogP contribution in [0.3, 0.4) is 0 Å². The van der Waals surface area contributed by atoms with Crippen LogP contribution in [-0.4, -0.2) is 52.9 Å². The normalized spacial score (nSPS) is 19.6. The summed E-state index contributed by atoms with van der Waals surface area (Å²) >= 11 is -6.54. The predicted octanol–water partition coefficient (Wildman–Crippen LogP) is 10.8. The molecule has 4 aromatic carbocycles. The van der Waals surface area contributed by atoms with Crippen LogP contribution in [0, 0.1) is 0 Å². The zero-order chi connectivity index (χ0) is 35.3. The molecule has 0 amide bonds. The zero-order valence-electron chi connectivity index (χ0n) is 32.4. The van der Waals surface area contributed by atoms with Gasteiger partial charge in [-0.2, -0.15) is 0 Å². The van der Waals surface area contributed by atoms with E-state index in [9.17, 15) is 0 Å². The first-order valence-corrected chi connectivity index (χ1v) is 37.1. The Morgan fingerprint density at radius 3 is 0.750 bits per heavy atom. The van der Waals surface area contributed by atoms with Gasteiger partial charge in [0.05, 0.1) is 0 Å². The molecule has 1 fully saturated rings. The van der Waals surface area contributed by atoms with Gasteiger partial charge in [0, 0.05) is 0 Å². The van der Waals surface area contributed by atoms with Crippen molar-refractivity contribution in [2.24, 2.45) is 0 Å². The van der Waals surface area contributed by atoms with Crippen molar-refractivity contribution >= 4 is 73.6 Å². The monoisotopic (exact) mass is 888 g/mol. The fraction of sp³-hybridized carbons (Fsp3) is 0.455. The maximum atomic E-state index is 2.71. The number of benzene rings is 4. The summed E-state index contributed by atoms with van der Waals surface area (Å²) in [6, 6.07) is 48.5. The van der Waals surface area contributed by atoms with E-state index in [4.69, 9.17) is 0 Å². The molecule has 256 valence electrons. The second kappa shape index (κ2) is 13.5. The van der Waals surface area contributed by atoms with E-state index in [1.165, 1.54) is 13.8 Å². The Bertz CT molecular complexity index is 1410. The Balaban J connectivity index is 2.07. The van der Waals surface area contributed by atoms with Crippen molar-refractivity contribution in [3.05, 3.63) is 121 Å². The molecule has 0 saturated carbocycles. The van der Waals surface area contributed by atoms with E-state index in [2.05, 4.69) is 204 Å². The Morgan fingerprint density at radius 2 is 0.562 bits per heavy atom. The van der Waals surface area contributed by atoms with E-state index in [0.29, 0.717) is 13.7 Å². The van der Waals surface area contributed by atoms with Gasteiger partial charge in [-0.1, -0.05) is 0 Å². The van der Waals surface area contributed by atoms with E-state index >= 15 is 0 Å². The topological polar surface area (TPSA) is 0 Å². The van der Waals surface area contributed by atoms with Gasteiger partial charge in [-0.15, -0.1) is 0 Å². The van der Waals surface area contributed by atoms with Gasteiger partial charge in [0.1, 0.15) is 0 Å². The molecule has 0 bridgehead atoms. The Labute approximate surface area is 305 Å². The number of hydrogen-bond donors (Lipinski definition) is 0. The summed E-state index contributed by atoms with van der Waals surface area (Å²) in [5.41, 5.74) is 1.37. The fourth-order valence-corrected chi connectivity index (χ4v) is 176. The van der Waals surface area contributed by atoms with E-state index in [1.807, 2.05) is 0 Å². The first-order valence-electron chi connectivity index (χ1n) is 18.5. The van der Waals surface area contributed by atoms with Gasteiger partial charge in [0.25, 0.3) is 0 Å². The van der Waals surface area contributed by atoms with Gasteiger partial charge in [0.2, 0.25) is 0 Å². The third-order valence-electron chi connectivity index (χ3n) is 13.5. The molecule has 0 aliphatic carbocycles. The Morgan fingerprint density at radius 1 is 0.354 bits per heavy atom. The average Bonchev–Trinajstić information content (AvgIpc) is 3.01. The molecule has 4 aromatic rings. The van der Waals surface area contributed by atoms with Crippen LogP contribution >= 0.6 is 0 Å². The van der Waals surface area contributed by atoms with Crippen molar-refractivity contribution in [3.8, 4) is 0 Å². The molecule has 0 radical (unpaired) electrons. The molecule has 0 spiro atoms. The van der Waals surface area contributed by atoms with Gasteiger partial charge < -0.3 is 0 Å². The number of hydrogen-bond acceptors (Lipinski definition) is 0. The third kappa shape index (κ3) is 6.56. The Hall–Kier alpha value is -1.09. The van der Waals surface area contributed by atoms with E-state index in [0.717, 1.165) is 0 Å². The van der Waals surface area contributed by atoms with Crippen molar-refractivity contribution in [1.29, 1.82) is 0 Å². The molecule has 0 N–H and O–H groups in total. The van der Waals surface area contributed by atoms with Crippen molar-refractivity contribution in [2.45, 2.75) is 113 Å². The van der Waals surface area contributed by atoms with Gasteiger partial charge in [-0.25, -0.2) is 0 Å². The zero-order valence-corrected chi connectivity index (χ0v) is 40.1. The van der Waals surface area contributed by atoms with Gasteiger partial charge in [-0.3, -0.25) is 0 Å². The molecule has 5 rings (SSSR count). The molecular formula is C44H64Si2Sn2. The van der Waals surface area contributed by atoms with Crippen LogP contribution < -0.4 is 20.7 Å². The summed E-state index contributed by atoms with van der Waals surface area (Å²) in [5, 5.41) is 6.74. The van der Waals surface area contributed by atoms with Crippen LogP contribution in [0.5, 0.6) is 0 Å². The van der Waals surface area contributed by atoms with Crippen LogP contribution in [0.1, 0.15) is 83.1 Å². The summed E-state index contributed by atoms with van der Waals surface area (Å²) < 4.78 is 6.00. The fourth-order valence-electron chi connectivity index (χ4n) is 10.9. The molecule has 1 saturated heterocycles. The van der Waals surface area contributed by atoms with Gasteiger partial charge >= 0.3 is 308 Å². The summed E-state index contributed by atoms with van der Waals surface area (Å²) in [6.45, 7) is 32.6. The maximum absolute atomic E-state index is 3.27. The van der Waals surface area contributed by atoms with Crippen LogP contribution in [0.4, 0.5) is 0 Å². The molecule has 1 heterocycles. The SMILES string of the molecule is C[C](C)(C)[Sn]1([C](C)(C)C)[CH2][Si](c2ccccc2)(c2ccccc2)C[Si](c2ccccc2)(c2ccccc2)[CH2][Sn]([C](C)(C)C)([C](C)(C)C)[CH2]1. The number of rotatable bonds is 4. The molecule has 0 atom stereocenters. The first kappa shape index (κ1) is 38.1. The molecule has 0 aromatic heterocycles. The van der Waals surface area contributed by atoms with Crippen molar-refractivity contribution in [3.63, 3.8) is 0 Å². The van der Waals surface area contributed by atoms with E-state index in [-0.39, 0.29) is 0 Å². The van der Waals surface area contributed by atoms with E-state index < -0.39 is 52.9 Å². The van der Waals surface area contributed by atoms with Gasteiger partial charge in [-0.05, 0) is 0 Å².